The van der Waals surface area contributed by atoms with E-state index in [0.717, 1.165) is 10.2 Å². The van der Waals surface area contributed by atoms with Gasteiger partial charge >= 0.3 is 0 Å². The Balaban J connectivity index is 2.02. The quantitative estimate of drug-likeness (QED) is 0.930. The van der Waals surface area contributed by atoms with Gasteiger partial charge in [-0.25, -0.2) is 0 Å². The molecule has 5 nitrogen and oxygen atoms in total. The Hall–Kier alpha value is -1.82. The molecule has 0 saturated carbocycles. The van der Waals surface area contributed by atoms with Gasteiger partial charge in [0.05, 0.1) is 6.04 Å². The molecular weight excluding hydrogens is 324 g/mol. The van der Waals surface area contributed by atoms with Crippen molar-refractivity contribution in [2.24, 2.45) is 0 Å². The van der Waals surface area contributed by atoms with Gasteiger partial charge in [-0.05, 0) is 48.0 Å². The topological polar surface area (TPSA) is 64.2 Å². The number of halogens is 1. The molecule has 2 rings (SSSR count). The van der Waals surface area contributed by atoms with Crippen LogP contribution in [0.15, 0.2) is 44.1 Å². The molecule has 0 aliphatic heterocycles. The van der Waals surface area contributed by atoms with E-state index in [-0.39, 0.29) is 24.1 Å². The molecule has 0 aromatic carbocycles. The van der Waals surface area contributed by atoms with Crippen molar-refractivity contribution in [1.82, 2.24) is 9.88 Å². The van der Waals surface area contributed by atoms with Crippen LogP contribution < -0.4 is 10.9 Å². The van der Waals surface area contributed by atoms with Crippen molar-refractivity contribution in [1.29, 1.82) is 0 Å². The van der Waals surface area contributed by atoms with Gasteiger partial charge in [-0.3, -0.25) is 9.59 Å². The Morgan fingerprint density at radius 3 is 2.80 bits per heavy atom. The fraction of sp³-hybridized carbons (Fsp3) is 0.286. The van der Waals surface area contributed by atoms with Crippen molar-refractivity contribution < 1.29 is 9.21 Å². The molecule has 1 amide bonds. The van der Waals surface area contributed by atoms with Crippen LogP contribution >= 0.6 is 15.9 Å². The minimum atomic E-state index is -0.244. The molecule has 1 unspecified atom stereocenters. The Morgan fingerprint density at radius 2 is 2.15 bits per heavy atom. The summed E-state index contributed by atoms with van der Waals surface area (Å²) in [5.41, 5.74) is -0.218. The highest BCUT2D eigenvalue weighted by molar-refractivity contribution is 9.10. The third-order valence-electron chi connectivity index (χ3n) is 2.83. The van der Waals surface area contributed by atoms with Gasteiger partial charge < -0.3 is 14.3 Å². The van der Waals surface area contributed by atoms with E-state index in [1.165, 1.54) is 10.6 Å². The van der Waals surface area contributed by atoms with Gasteiger partial charge in [0.1, 0.15) is 18.1 Å². The maximum atomic E-state index is 11.9. The zero-order valence-corrected chi connectivity index (χ0v) is 12.8. The Bertz CT molecular complexity index is 675. The lowest BCUT2D eigenvalue weighted by Crippen LogP contribution is -2.33. The Labute approximate surface area is 124 Å². The number of aryl methyl sites for hydroxylation is 1. The fourth-order valence-electron chi connectivity index (χ4n) is 1.82. The summed E-state index contributed by atoms with van der Waals surface area (Å²) in [6.45, 7) is 3.65. The van der Waals surface area contributed by atoms with Crippen molar-refractivity contribution in [3.63, 3.8) is 0 Å². The summed E-state index contributed by atoms with van der Waals surface area (Å²) < 4.78 is 7.54. The molecule has 0 fully saturated rings. The SMILES string of the molecule is Cc1ccc(C(C)NC(=O)Cn2cc(Br)ccc2=O)o1. The average molecular weight is 339 g/mol. The number of nitrogens with zero attached hydrogens (tertiary/aromatic N) is 1. The number of carbonyl (C=O) groups is 1. The zero-order valence-electron chi connectivity index (χ0n) is 11.2. The molecule has 1 atom stereocenters. The maximum absolute atomic E-state index is 11.9. The van der Waals surface area contributed by atoms with E-state index < -0.39 is 0 Å². The molecular formula is C14H15BrN2O3. The number of furan rings is 1. The standard InChI is InChI=1S/C14H15BrN2O3/c1-9-3-5-12(20-9)10(2)16-13(18)8-17-7-11(15)4-6-14(17)19/h3-7,10H,8H2,1-2H3,(H,16,18). The first-order chi connectivity index (χ1) is 9.45. The smallest absolute Gasteiger partial charge is 0.251 e. The maximum Gasteiger partial charge on any atom is 0.251 e. The number of nitrogens with one attached hydrogen (secondary N) is 1. The van der Waals surface area contributed by atoms with Crippen LogP contribution in [-0.2, 0) is 11.3 Å². The van der Waals surface area contributed by atoms with Gasteiger partial charge in [-0.15, -0.1) is 0 Å². The van der Waals surface area contributed by atoms with Crippen LogP contribution in [0, 0.1) is 6.92 Å². The van der Waals surface area contributed by atoms with Crippen LogP contribution in [0.1, 0.15) is 24.5 Å². The van der Waals surface area contributed by atoms with Gasteiger partial charge in [-0.1, -0.05) is 0 Å². The first-order valence-corrected chi connectivity index (χ1v) is 6.96. The summed E-state index contributed by atoms with van der Waals surface area (Å²) in [5, 5.41) is 2.80. The first kappa shape index (κ1) is 14.6. The van der Waals surface area contributed by atoms with Crippen LogP contribution in [0.2, 0.25) is 0 Å². The summed E-state index contributed by atoms with van der Waals surface area (Å²) in [6.07, 6.45) is 1.59. The van der Waals surface area contributed by atoms with Crippen LogP contribution in [0.25, 0.3) is 0 Å². The summed E-state index contributed by atoms with van der Waals surface area (Å²) in [4.78, 5) is 23.5. The van der Waals surface area contributed by atoms with Crippen molar-refractivity contribution in [3.05, 3.63) is 56.8 Å². The van der Waals surface area contributed by atoms with E-state index in [0.29, 0.717) is 5.76 Å². The second kappa shape index (κ2) is 6.09. The lowest BCUT2D eigenvalue weighted by molar-refractivity contribution is -0.122. The van der Waals surface area contributed by atoms with Crippen molar-refractivity contribution in [2.75, 3.05) is 0 Å². The number of amides is 1. The zero-order chi connectivity index (χ0) is 14.7. The number of carbonyl (C=O) groups excluding carboxylic acids is 1. The lowest BCUT2D eigenvalue weighted by Gasteiger charge is -2.12. The summed E-state index contributed by atoms with van der Waals surface area (Å²) >= 11 is 3.27. The molecule has 0 saturated heterocycles. The number of hydrogen-bond acceptors (Lipinski definition) is 3. The van der Waals surface area contributed by atoms with E-state index in [9.17, 15) is 9.59 Å². The molecule has 1 N–H and O–H groups in total. The molecule has 2 aromatic rings. The molecule has 0 radical (unpaired) electrons. The highest BCUT2D eigenvalue weighted by Crippen LogP contribution is 2.15. The van der Waals surface area contributed by atoms with Crippen molar-refractivity contribution in [3.8, 4) is 0 Å². The Morgan fingerprint density at radius 1 is 1.40 bits per heavy atom. The Kier molecular flexibility index (Phi) is 4.44. The van der Waals surface area contributed by atoms with E-state index >= 15 is 0 Å². The summed E-state index contributed by atoms with van der Waals surface area (Å²) in [5.74, 6) is 1.24. The number of hydrogen-bond donors (Lipinski definition) is 1. The largest absolute Gasteiger partial charge is 0.464 e. The van der Waals surface area contributed by atoms with Crippen molar-refractivity contribution in [2.45, 2.75) is 26.4 Å². The minimum Gasteiger partial charge on any atom is -0.464 e. The van der Waals surface area contributed by atoms with Crippen LogP contribution in [0.5, 0.6) is 0 Å². The van der Waals surface area contributed by atoms with Gasteiger partial charge in [-0.2, -0.15) is 0 Å². The van der Waals surface area contributed by atoms with Gasteiger partial charge in [0, 0.05) is 16.7 Å². The molecule has 0 aliphatic carbocycles. The van der Waals surface area contributed by atoms with Gasteiger partial charge in [0.15, 0.2) is 0 Å². The summed E-state index contributed by atoms with van der Waals surface area (Å²) in [6, 6.07) is 6.49. The van der Waals surface area contributed by atoms with E-state index in [1.54, 1.807) is 12.3 Å². The van der Waals surface area contributed by atoms with E-state index in [1.807, 2.05) is 26.0 Å². The van der Waals surface area contributed by atoms with E-state index in [4.69, 9.17) is 4.42 Å². The fourth-order valence-corrected chi connectivity index (χ4v) is 2.20. The second-order valence-corrected chi connectivity index (χ2v) is 5.47. The average Bonchev–Trinajstić information content (AvgIpc) is 2.80. The van der Waals surface area contributed by atoms with E-state index in [2.05, 4.69) is 21.2 Å². The van der Waals surface area contributed by atoms with Crippen LogP contribution in [0.4, 0.5) is 0 Å². The van der Waals surface area contributed by atoms with Gasteiger partial charge in [0.25, 0.3) is 5.56 Å². The van der Waals surface area contributed by atoms with Crippen molar-refractivity contribution >= 4 is 21.8 Å². The van der Waals surface area contributed by atoms with Crippen LogP contribution in [0.3, 0.4) is 0 Å². The monoisotopic (exact) mass is 338 g/mol. The molecule has 106 valence electrons. The molecule has 2 heterocycles. The molecule has 0 spiro atoms. The number of rotatable bonds is 4. The number of aromatic nitrogens is 1. The lowest BCUT2D eigenvalue weighted by atomic mass is 10.2. The molecule has 0 aliphatic rings. The second-order valence-electron chi connectivity index (χ2n) is 4.55. The highest BCUT2D eigenvalue weighted by Gasteiger charge is 2.13. The van der Waals surface area contributed by atoms with Crippen LogP contribution in [-0.4, -0.2) is 10.5 Å². The summed E-state index contributed by atoms with van der Waals surface area (Å²) in [7, 11) is 0. The minimum absolute atomic E-state index is 0.0255. The molecule has 6 heteroatoms. The highest BCUT2D eigenvalue weighted by atomic mass is 79.9. The normalized spacial score (nSPS) is 12.2. The predicted octanol–water partition coefficient (Wildman–Crippen LogP) is 2.39. The molecule has 20 heavy (non-hydrogen) atoms. The third-order valence-corrected chi connectivity index (χ3v) is 3.30. The molecule has 0 bridgehead atoms. The predicted molar refractivity (Wildman–Crippen MR) is 78.4 cm³/mol. The van der Waals surface area contributed by atoms with Gasteiger partial charge in [0.2, 0.25) is 5.91 Å². The first-order valence-electron chi connectivity index (χ1n) is 6.17. The third kappa shape index (κ3) is 3.60. The molecule has 2 aromatic heterocycles. The number of pyridine rings is 1.